The molecule has 0 aliphatic heterocycles. The standard InChI is InChI=1S/C16H22ClNO2S/c1-15(2)11-8-9-16(3,10-11)14(15)18-21(19,20)13-6-4-12(17)5-7-13/h4-7,11,14,18H,8-10H2,1-3H3/t11?,14?,16-/m0/s1. The molecule has 0 radical (unpaired) electrons. The molecule has 2 aliphatic carbocycles. The van der Waals surface area contributed by atoms with E-state index >= 15 is 0 Å². The molecule has 0 aromatic heterocycles. The molecule has 0 spiro atoms. The number of nitrogens with one attached hydrogen (secondary N) is 1. The van der Waals surface area contributed by atoms with Gasteiger partial charge in [0.1, 0.15) is 0 Å². The molecule has 2 fully saturated rings. The quantitative estimate of drug-likeness (QED) is 0.917. The minimum atomic E-state index is -3.50. The molecule has 5 heteroatoms. The monoisotopic (exact) mass is 327 g/mol. The topological polar surface area (TPSA) is 46.2 Å². The predicted octanol–water partition coefficient (Wildman–Crippen LogP) is 3.83. The highest BCUT2D eigenvalue weighted by atomic mass is 35.5. The molecule has 116 valence electrons. The molecule has 3 nitrogen and oxygen atoms in total. The second kappa shape index (κ2) is 4.71. The Morgan fingerprint density at radius 1 is 1.19 bits per heavy atom. The first kappa shape index (κ1) is 15.3. The van der Waals surface area contributed by atoms with Crippen LogP contribution in [0.4, 0.5) is 0 Å². The van der Waals surface area contributed by atoms with Crippen LogP contribution in [0.15, 0.2) is 29.2 Å². The number of halogens is 1. The largest absolute Gasteiger partial charge is 0.240 e. The van der Waals surface area contributed by atoms with Gasteiger partial charge in [0.05, 0.1) is 4.90 Å². The minimum Gasteiger partial charge on any atom is -0.207 e. The molecule has 3 atom stereocenters. The zero-order valence-corrected chi connectivity index (χ0v) is 14.3. The third-order valence-corrected chi connectivity index (χ3v) is 7.36. The van der Waals surface area contributed by atoms with Crippen molar-refractivity contribution in [3.8, 4) is 0 Å². The summed E-state index contributed by atoms with van der Waals surface area (Å²) in [5, 5.41) is 0.543. The van der Waals surface area contributed by atoms with Crippen LogP contribution in [0.2, 0.25) is 5.02 Å². The highest BCUT2D eigenvalue weighted by Gasteiger charge is 2.60. The van der Waals surface area contributed by atoms with E-state index in [1.165, 1.54) is 6.42 Å². The van der Waals surface area contributed by atoms with Gasteiger partial charge in [-0.05, 0) is 60.3 Å². The second-order valence-corrected chi connectivity index (χ2v) is 9.57. The Morgan fingerprint density at radius 2 is 1.81 bits per heavy atom. The van der Waals surface area contributed by atoms with Crippen LogP contribution in [0.3, 0.4) is 0 Å². The van der Waals surface area contributed by atoms with Crippen LogP contribution < -0.4 is 4.72 Å². The van der Waals surface area contributed by atoms with Gasteiger partial charge in [0.2, 0.25) is 10.0 Å². The lowest BCUT2D eigenvalue weighted by atomic mass is 9.69. The Kier molecular flexibility index (Phi) is 3.43. The lowest BCUT2D eigenvalue weighted by Gasteiger charge is -2.42. The van der Waals surface area contributed by atoms with Crippen molar-refractivity contribution >= 4 is 21.6 Å². The first-order chi connectivity index (χ1) is 9.65. The number of rotatable bonds is 3. The van der Waals surface area contributed by atoms with E-state index in [0.29, 0.717) is 10.9 Å². The molecule has 3 rings (SSSR count). The van der Waals surface area contributed by atoms with Crippen LogP contribution in [0.1, 0.15) is 40.0 Å². The maximum absolute atomic E-state index is 12.7. The molecule has 0 heterocycles. The van der Waals surface area contributed by atoms with Gasteiger partial charge in [-0.3, -0.25) is 0 Å². The lowest BCUT2D eigenvalue weighted by Crippen LogP contribution is -2.52. The van der Waals surface area contributed by atoms with Gasteiger partial charge in [0.25, 0.3) is 0 Å². The molecule has 1 N–H and O–H groups in total. The van der Waals surface area contributed by atoms with Crippen molar-refractivity contribution in [2.24, 2.45) is 16.7 Å². The lowest BCUT2D eigenvalue weighted by molar-refractivity contribution is 0.127. The van der Waals surface area contributed by atoms with Crippen LogP contribution in [-0.2, 0) is 10.0 Å². The molecule has 1 aromatic carbocycles. The van der Waals surface area contributed by atoms with Gasteiger partial charge < -0.3 is 0 Å². The Labute approximate surface area is 132 Å². The van der Waals surface area contributed by atoms with Crippen LogP contribution in [-0.4, -0.2) is 14.5 Å². The summed E-state index contributed by atoms with van der Waals surface area (Å²) in [4.78, 5) is 0.286. The first-order valence-electron chi connectivity index (χ1n) is 7.43. The van der Waals surface area contributed by atoms with E-state index in [9.17, 15) is 8.42 Å². The fraction of sp³-hybridized carbons (Fsp3) is 0.625. The van der Waals surface area contributed by atoms with Crippen molar-refractivity contribution in [3.63, 3.8) is 0 Å². The molecular formula is C16H22ClNO2S. The summed E-state index contributed by atoms with van der Waals surface area (Å²) >= 11 is 5.84. The normalized spacial score (nSPS) is 34.3. The molecule has 21 heavy (non-hydrogen) atoms. The highest BCUT2D eigenvalue weighted by Crippen LogP contribution is 2.62. The van der Waals surface area contributed by atoms with E-state index in [1.807, 2.05) is 0 Å². The van der Waals surface area contributed by atoms with Crippen molar-refractivity contribution in [2.75, 3.05) is 0 Å². The maximum Gasteiger partial charge on any atom is 0.240 e. The van der Waals surface area contributed by atoms with Crippen LogP contribution in [0.25, 0.3) is 0 Å². The second-order valence-electron chi connectivity index (χ2n) is 7.42. The summed E-state index contributed by atoms with van der Waals surface area (Å²) in [5.41, 5.74) is 0.0835. The fourth-order valence-electron chi connectivity index (χ4n) is 4.43. The minimum absolute atomic E-state index is 0.00644. The predicted molar refractivity (Wildman–Crippen MR) is 84.8 cm³/mol. The van der Waals surface area contributed by atoms with Gasteiger partial charge in [0, 0.05) is 11.1 Å². The van der Waals surface area contributed by atoms with Crippen molar-refractivity contribution in [3.05, 3.63) is 29.3 Å². The van der Waals surface area contributed by atoms with Crippen molar-refractivity contribution < 1.29 is 8.42 Å². The van der Waals surface area contributed by atoms with Crippen LogP contribution >= 0.6 is 11.6 Å². The summed E-state index contributed by atoms with van der Waals surface area (Å²) in [6.45, 7) is 6.60. The molecule has 2 aliphatic rings. The Hall–Kier alpha value is -0.580. The number of benzene rings is 1. The van der Waals surface area contributed by atoms with Crippen molar-refractivity contribution in [1.29, 1.82) is 0 Å². The zero-order chi connectivity index (χ0) is 15.5. The van der Waals surface area contributed by atoms with Gasteiger partial charge in [-0.25, -0.2) is 13.1 Å². The highest BCUT2D eigenvalue weighted by molar-refractivity contribution is 7.89. The summed E-state index contributed by atoms with van der Waals surface area (Å²) in [6.07, 6.45) is 3.44. The van der Waals surface area contributed by atoms with E-state index < -0.39 is 10.0 Å². The third-order valence-electron chi connectivity index (χ3n) is 5.67. The zero-order valence-electron chi connectivity index (χ0n) is 12.7. The molecule has 2 bridgehead atoms. The molecule has 2 unspecified atom stereocenters. The molecule has 0 amide bonds. The van der Waals surface area contributed by atoms with Gasteiger partial charge in [-0.2, -0.15) is 0 Å². The number of fused-ring (bicyclic) bond motifs is 2. The molecular weight excluding hydrogens is 306 g/mol. The summed E-state index contributed by atoms with van der Waals surface area (Å²) in [7, 11) is -3.50. The fourth-order valence-corrected chi connectivity index (χ4v) is 6.09. The average molecular weight is 328 g/mol. The van der Waals surface area contributed by atoms with Gasteiger partial charge in [-0.1, -0.05) is 32.4 Å². The Balaban J connectivity index is 1.91. The van der Waals surface area contributed by atoms with Gasteiger partial charge >= 0.3 is 0 Å². The number of hydrogen-bond acceptors (Lipinski definition) is 2. The van der Waals surface area contributed by atoms with E-state index in [2.05, 4.69) is 25.5 Å². The summed E-state index contributed by atoms with van der Waals surface area (Å²) < 4.78 is 28.3. The van der Waals surface area contributed by atoms with Gasteiger partial charge in [-0.15, -0.1) is 0 Å². The molecule has 1 aromatic rings. The number of hydrogen-bond donors (Lipinski definition) is 1. The average Bonchev–Trinajstić information content (AvgIpc) is 2.87. The van der Waals surface area contributed by atoms with E-state index in [4.69, 9.17) is 11.6 Å². The number of sulfonamides is 1. The first-order valence-corrected chi connectivity index (χ1v) is 9.29. The molecule has 2 saturated carbocycles. The van der Waals surface area contributed by atoms with Crippen molar-refractivity contribution in [2.45, 2.75) is 51.0 Å². The maximum atomic E-state index is 12.7. The summed E-state index contributed by atoms with van der Waals surface area (Å²) in [6, 6.07) is 6.35. The van der Waals surface area contributed by atoms with Crippen LogP contribution in [0.5, 0.6) is 0 Å². The Bertz CT molecular complexity index is 649. The SMILES string of the molecule is CC1(C)C2CC[C@@](C)(C2)C1NS(=O)(=O)c1ccc(Cl)cc1. The van der Waals surface area contributed by atoms with Crippen molar-refractivity contribution in [1.82, 2.24) is 4.72 Å². The third kappa shape index (κ3) is 2.41. The Morgan fingerprint density at radius 3 is 2.33 bits per heavy atom. The van der Waals surface area contributed by atoms with Gasteiger partial charge in [0.15, 0.2) is 0 Å². The van der Waals surface area contributed by atoms with E-state index in [1.54, 1.807) is 24.3 Å². The van der Waals surface area contributed by atoms with E-state index in [0.717, 1.165) is 12.8 Å². The van der Waals surface area contributed by atoms with E-state index in [-0.39, 0.29) is 21.8 Å². The summed E-state index contributed by atoms with van der Waals surface area (Å²) in [5.74, 6) is 0.611. The smallest absolute Gasteiger partial charge is 0.207 e. The molecule has 0 saturated heterocycles. The van der Waals surface area contributed by atoms with Crippen LogP contribution in [0, 0.1) is 16.7 Å².